The van der Waals surface area contributed by atoms with Gasteiger partial charge in [-0.25, -0.2) is 0 Å². The predicted octanol–water partition coefficient (Wildman–Crippen LogP) is 1.00. The highest BCUT2D eigenvalue weighted by Gasteiger charge is 2.40. The van der Waals surface area contributed by atoms with Crippen LogP contribution in [0.25, 0.3) is 0 Å². The van der Waals surface area contributed by atoms with Crippen molar-refractivity contribution in [3.05, 3.63) is 0 Å². The molecular formula is C17H31N3O3. The molecule has 2 saturated heterocycles. The number of hydrogen-bond acceptors (Lipinski definition) is 4. The van der Waals surface area contributed by atoms with Crippen LogP contribution in [0.1, 0.15) is 46.0 Å². The van der Waals surface area contributed by atoms with Gasteiger partial charge in [-0.05, 0) is 45.2 Å². The fourth-order valence-electron chi connectivity index (χ4n) is 4.09. The quantitative estimate of drug-likeness (QED) is 0.759. The summed E-state index contributed by atoms with van der Waals surface area (Å²) in [5.41, 5.74) is 0. The Kier molecular flexibility index (Phi) is 6.84. The number of methoxy groups -OCH3 is 1. The van der Waals surface area contributed by atoms with Crippen molar-refractivity contribution in [3.8, 4) is 0 Å². The van der Waals surface area contributed by atoms with E-state index in [2.05, 4.69) is 17.1 Å². The summed E-state index contributed by atoms with van der Waals surface area (Å²) in [6, 6.07) is 0.306. The molecular weight excluding hydrogens is 294 g/mol. The summed E-state index contributed by atoms with van der Waals surface area (Å²) >= 11 is 0. The van der Waals surface area contributed by atoms with Crippen LogP contribution in [0.3, 0.4) is 0 Å². The van der Waals surface area contributed by atoms with Crippen molar-refractivity contribution >= 4 is 11.8 Å². The van der Waals surface area contributed by atoms with Gasteiger partial charge in [0.25, 0.3) is 0 Å². The number of amides is 2. The summed E-state index contributed by atoms with van der Waals surface area (Å²) < 4.78 is 5.10. The summed E-state index contributed by atoms with van der Waals surface area (Å²) in [7, 11) is 1.62. The molecule has 0 aromatic carbocycles. The SMILES string of the molecule is CCN1CCC[C@@H]1[C@@H]1CCCN1C(=O)[C@@H](CCOC)NC(C)=O. The molecule has 0 radical (unpaired) electrons. The molecule has 2 heterocycles. The van der Waals surface area contributed by atoms with E-state index < -0.39 is 6.04 Å². The van der Waals surface area contributed by atoms with Gasteiger partial charge < -0.3 is 15.0 Å². The van der Waals surface area contributed by atoms with Gasteiger partial charge in [-0.2, -0.15) is 0 Å². The molecule has 3 atom stereocenters. The molecule has 2 rings (SSSR count). The number of carbonyl (C=O) groups excluding carboxylic acids is 2. The van der Waals surface area contributed by atoms with E-state index in [4.69, 9.17) is 4.74 Å². The second kappa shape index (κ2) is 8.64. The lowest BCUT2D eigenvalue weighted by atomic mass is 10.0. The summed E-state index contributed by atoms with van der Waals surface area (Å²) in [6.07, 6.45) is 5.05. The number of likely N-dealkylation sites (N-methyl/N-ethyl adjacent to an activating group) is 1. The van der Waals surface area contributed by atoms with Gasteiger partial charge in [-0.3, -0.25) is 14.5 Å². The molecule has 0 unspecified atom stereocenters. The lowest BCUT2D eigenvalue weighted by Gasteiger charge is -2.36. The van der Waals surface area contributed by atoms with Gasteiger partial charge in [0.1, 0.15) is 6.04 Å². The third-order valence-corrected chi connectivity index (χ3v) is 5.13. The van der Waals surface area contributed by atoms with Gasteiger partial charge in [-0.1, -0.05) is 6.92 Å². The number of nitrogens with zero attached hydrogens (tertiary/aromatic N) is 2. The first-order chi connectivity index (χ1) is 11.1. The van der Waals surface area contributed by atoms with E-state index in [0.29, 0.717) is 25.1 Å². The minimum absolute atomic E-state index is 0.0581. The third-order valence-electron chi connectivity index (χ3n) is 5.13. The van der Waals surface area contributed by atoms with Crippen LogP contribution < -0.4 is 5.32 Å². The molecule has 0 bridgehead atoms. The van der Waals surface area contributed by atoms with Crippen LogP contribution in [-0.2, 0) is 14.3 Å². The molecule has 0 spiro atoms. The molecule has 6 heteroatoms. The van der Waals surface area contributed by atoms with Crippen molar-refractivity contribution < 1.29 is 14.3 Å². The topological polar surface area (TPSA) is 61.9 Å². The van der Waals surface area contributed by atoms with E-state index in [1.165, 1.54) is 19.8 Å². The highest BCUT2D eigenvalue weighted by molar-refractivity contribution is 5.87. The van der Waals surface area contributed by atoms with Crippen LogP contribution in [0.15, 0.2) is 0 Å². The van der Waals surface area contributed by atoms with E-state index in [-0.39, 0.29) is 11.8 Å². The third kappa shape index (κ3) is 4.44. The zero-order chi connectivity index (χ0) is 16.8. The standard InChI is InChI=1S/C17H31N3O3/c1-4-19-10-5-7-15(19)16-8-6-11-20(16)17(22)14(9-12-23-3)18-13(2)21/h14-16H,4-12H2,1-3H3,(H,18,21)/t14-,15-,16+/m1/s1. The van der Waals surface area contributed by atoms with Gasteiger partial charge >= 0.3 is 0 Å². The predicted molar refractivity (Wildman–Crippen MR) is 89.1 cm³/mol. The minimum Gasteiger partial charge on any atom is -0.385 e. The molecule has 2 amide bonds. The molecule has 1 N–H and O–H groups in total. The van der Waals surface area contributed by atoms with Gasteiger partial charge in [-0.15, -0.1) is 0 Å². The van der Waals surface area contributed by atoms with Gasteiger partial charge in [0.05, 0.1) is 0 Å². The van der Waals surface area contributed by atoms with E-state index in [1.807, 2.05) is 4.90 Å². The molecule has 6 nitrogen and oxygen atoms in total. The Morgan fingerprint density at radius 3 is 2.57 bits per heavy atom. The van der Waals surface area contributed by atoms with E-state index in [0.717, 1.165) is 32.5 Å². The van der Waals surface area contributed by atoms with Crippen LogP contribution in [0.2, 0.25) is 0 Å². The Hall–Kier alpha value is -1.14. The molecule has 2 aliphatic heterocycles. The number of ether oxygens (including phenoxy) is 1. The first kappa shape index (κ1) is 18.2. The maximum Gasteiger partial charge on any atom is 0.245 e. The lowest BCUT2D eigenvalue weighted by molar-refractivity contribution is -0.138. The molecule has 0 aliphatic carbocycles. The monoisotopic (exact) mass is 325 g/mol. The number of nitrogens with one attached hydrogen (secondary N) is 1. The number of rotatable bonds is 7. The fraction of sp³-hybridized carbons (Fsp3) is 0.882. The molecule has 2 aliphatic rings. The largest absolute Gasteiger partial charge is 0.385 e. The molecule has 0 saturated carbocycles. The van der Waals surface area contributed by atoms with Crippen molar-refractivity contribution in [2.24, 2.45) is 0 Å². The number of likely N-dealkylation sites (tertiary alicyclic amines) is 2. The maximum atomic E-state index is 13.0. The Morgan fingerprint density at radius 2 is 1.91 bits per heavy atom. The summed E-state index contributed by atoms with van der Waals surface area (Å²) in [5, 5.41) is 2.80. The highest BCUT2D eigenvalue weighted by atomic mass is 16.5. The Labute approximate surface area is 139 Å². The van der Waals surface area contributed by atoms with E-state index >= 15 is 0 Å². The van der Waals surface area contributed by atoms with Crippen LogP contribution in [-0.4, -0.2) is 73.1 Å². The van der Waals surface area contributed by atoms with Gasteiger partial charge in [0, 0.05) is 39.3 Å². The average Bonchev–Trinajstić information content (AvgIpc) is 3.17. The summed E-state index contributed by atoms with van der Waals surface area (Å²) in [5.74, 6) is -0.103. The highest BCUT2D eigenvalue weighted by Crippen LogP contribution is 2.30. The van der Waals surface area contributed by atoms with Crippen molar-refractivity contribution in [2.75, 3.05) is 33.4 Å². The minimum atomic E-state index is -0.468. The van der Waals surface area contributed by atoms with Crippen LogP contribution in [0.5, 0.6) is 0 Å². The van der Waals surface area contributed by atoms with Gasteiger partial charge in [0.15, 0.2) is 0 Å². The number of hydrogen-bond donors (Lipinski definition) is 1. The summed E-state index contributed by atoms with van der Waals surface area (Å²) in [6.45, 7) is 7.11. The number of carbonyl (C=O) groups is 2. The van der Waals surface area contributed by atoms with Crippen molar-refractivity contribution in [3.63, 3.8) is 0 Å². The van der Waals surface area contributed by atoms with E-state index in [9.17, 15) is 9.59 Å². The molecule has 0 aromatic heterocycles. The fourth-order valence-corrected chi connectivity index (χ4v) is 4.09. The normalized spacial score (nSPS) is 26.5. The van der Waals surface area contributed by atoms with E-state index in [1.54, 1.807) is 7.11 Å². The van der Waals surface area contributed by atoms with Crippen LogP contribution >= 0.6 is 0 Å². The first-order valence-corrected chi connectivity index (χ1v) is 8.89. The van der Waals surface area contributed by atoms with Gasteiger partial charge in [0.2, 0.25) is 11.8 Å². The Balaban J connectivity index is 2.06. The molecule has 132 valence electrons. The first-order valence-electron chi connectivity index (χ1n) is 8.89. The summed E-state index contributed by atoms with van der Waals surface area (Å²) in [4.78, 5) is 28.9. The Bertz CT molecular complexity index is 416. The second-order valence-electron chi connectivity index (χ2n) is 6.61. The maximum absolute atomic E-state index is 13.0. The molecule has 23 heavy (non-hydrogen) atoms. The lowest BCUT2D eigenvalue weighted by Crippen LogP contribution is -2.54. The van der Waals surface area contributed by atoms with Crippen molar-refractivity contribution in [1.82, 2.24) is 15.1 Å². The zero-order valence-electron chi connectivity index (χ0n) is 14.7. The second-order valence-corrected chi connectivity index (χ2v) is 6.61. The van der Waals surface area contributed by atoms with Crippen molar-refractivity contribution in [2.45, 2.75) is 64.1 Å². The zero-order valence-corrected chi connectivity index (χ0v) is 14.7. The molecule has 2 fully saturated rings. The smallest absolute Gasteiger partial charge is 0.245 e. The van der Waals surface area contributed by atoms with Crippen LogP contribution in [0, 0.1) is 0 Å². The molecule has 0 aromatic rings. The van der Waals surface area contributed by atoms with Crippen molar-refractivity contribution in [1.29, 1.82) is 0 Å². The van der Waals surface area contributed by atoms with Crippen LogP contribution in [0.4, 0.5) is 0 Å². The average molecular weight is 325 g/mol. The Morgan fingerprint density at radius 1 is 1.22 bits per heavy atom.